The third-order valence-electron chi connectivity index (χ3n) is 4.90. The van der Waals surface area contributed by atoms with Crippen LogP contribution in [0.4, 0.5) is 5.69 Å². The molecule has 0 saturated heterocycles. The Kier molecular flexibility index (Phi) is 6.68. The second kappa shape index (κ2) is 9.81. The van der Waals surface area contributed by atoms with E-state index in [1.807, 2.05) is 32.0 Å². The number of carbonyl (C=O) groups is 2. The van der Waals surface area contributed by atoms with Crippen LogP contribution in [0.1, 0.15) is 26.4 Å². The number of hydrogen-bond acceptors (Lipinski definition) is 8. The SMILES string of the molecule is Cc1sc2ncnc(Sc3ccccc3C(=O)OCC(=O)Nc3ccccc3C#N)c2c1C. The Morgan fingerprint density at radius 3 is 2.70 bits per heavy atom. The van der Waals surface area contributed by atoms with Gasteiger partial charge in [0.05, 0.1) is 16.8 Å². The Labute approximate surface area is 198 Å². The van der Waals surface area contributed by atoms with Crippen molar-refractivity contribution in [2.24, 2.45) is 0 Å². The normalized spacial score (nSPS) is 10.6. The maximum atomic E-state index is 12.8. The average molecular weight is 475 g/mol. The number of carbonyl (C=O) groups excluding carboxylic acids is 2. The number of benzene rings is 2. The number of ether oxygens (including phenoxy) is 1. The molecule has 0 radical (unpaired) electrons. The summed E-state index contributed by atoms with van der Waals surface area (Å²) in [6.45, 7) is 3.60. The molecule has 0 aliphatic carbocycles. The van der Waals surface area contributed by atoms with E-state index in [2.05, 4.69) is 15.3 Å². The lowest BCUT2D eigenvalue weighted by Gasteiger charge is -2.10. The number of amides is 1. The molecule has 7 nitrogen and oxygen atoms in total. The van der Waals surface area contributed by atoms with E-state index in [9.17, 15) is 9.59 Å². The summed E-state index contributed by atoms with van der Waals surface area (Å²) in [4.78, 5) is 36.6. The van der Waals surface area contributed by atoms with Gasteiger partial charge in [0.25, 0.3) is 5.91 Å². The molecule has 0 aliphatic rings. The van der Waals surface area contributed by atoms with Gasteiger partial charge in [-0.15, -0.1) is 11.3 Å². The Hall–Kier alpha value is -3.74. The first-order chi connectivity index (χ1) is 16.0. The van der Waals surface area contributed by atoms with Crippen LogP contribution in [0.5, 0.6) is 0 Å². The lowest BCUT2D eigenvalue weighted by molar-refractivity contribution is -0.119. The van der Waals surface area contributed by atoms with Gasteiger partial charge in [-0.1, -0.05) is 36.0 Å². The van der Waals surface area contributed by atoms with E-state index in [0.717, 1.165) is 20.8 Å². The maximum absolute atomic E-state index is 12.8. The van der Waals surface area contributed by atoms with Gasteiger partial charge in [0, 0.05) is 15.2 Å². The highest BCUT2D eigenvalue weighted by molar-refractivity contribution is 7.99. The van der Waals surface area contributed by atoms with E-state index in [0.29, 0.717) is 21.7 Å². The molecule has 0 bridgehead atoms. The number of para-hydroxylation sites is 1. The Bertz CT molecular complexity index is 1410. The van der Waals surface area contributed by atoms with Gasteiger partial charge in [-0.2, -0.15) is 5.26 Å². The van der Waals surface area contributed by atoms with Crippen molar-refractivity contribution in [3.8, 4) is 6.07 Å². The number of nitriles is 1. The van der Waals surface area contributed by atoms with Crippen molar-refractivity contribution in [1.82, 2.24) is 9.97 Å². The second-order valence-corrected chi connectivity index (χ2v) is 9.26. The molecule has 2 aromatic carbocycles. The minimum atomic E-state index is -0.620. The van der Waals surface area contributed by atoms with Crippen LogP contribution in [0.25, 0.3) is 10.2 Å². The summed E-state index contributed by atoms with van der Waals surface area (Å²) in [6.07, 6.45) is 1.52. The first-order valence-electron chi connectivity index (χ1n) is 9.91. The lowest BCUT2D eigenvalue weighted by Crippen LogP contribution is -2.21. The van der Waals surface area contributed by atoms with Crippen molar-refractivity contribution >= 4 is 50.9 Å². The summed E-state index contributed by atoms with van der Waals surface area (Å²) in [7, 11) is 0. The van der Waals surface area contributed by atoms with E-state index < -0.39 is 18.5 Å². The van der Waals surface area contributed by atoms with E-state index >= 15 is 0 Å². The van der Waals surface area contributed by atoms with Crippen molar-refractivity contribution in [2.45, 2.75) is 23.8 Å². The highest BCUT2D eigenvalue weighted by atomic mass is 32.2. The molecule has 164 valence electrons. The lowest BCUT2D eigenvalue weighted by atomic mass is 10.2. The molecule has 9 heteroatoms. The Morgan fingerprint density at radius 2 is 1.88 bits per heavy atom. The van der Waals surface area contributed by atoms with Crippen molar-refractivity contribution < 1.29 is 14.3 Å². The first-order valence-corrected chi connectivity index (χ1v) is 11.5. The highest BCUT2D eigenvalue weighted by Gasteiger charge is 2.19. The molecule has 0 fully saturated rings. The summed E-state index contributed by atoms with van der Waals surface area (Å²) in [6, 6.07) is 15.6. The number of thiophene rings is 1. The van der Waals surface area contributed by atoms with Crippen molar-refractivity contribution in [1.29, 1.82) is 5.26 Å². The third kappa shape index (κ3) is 4.87. The molecule has 1 N–H and O–H groups in total. The monoisotopic (exact) mass is 474 g/mol. The zero-order chi connectivity index (χ0) is 23.4. The minimum Gasteiger partial charge on any atom is -0.452 e. The van der Waals surface area contributed by atoms with Gasteiger partial charge in [0.15, 0.2) is 6.61 Å². The molecule has 0 saturated carbocycles. The number of fused-ring (bicyclic) bond motifs is 1. The topological polar surface area (TPSA) is 105 Å². The molecule has 33 heavy (non-hydrogen) atoms. The summed E-state index contributed by atoms with van der Waals surface area (Å²) >= 11 is 2.97. The van der Waals surface area contributed by atoms with Gasteiger partial charge in [0.2, 0.25) is 0 Å². The number of aromatic nitrogens is 2. The van der Waals surface area contributed by atoms with E-state index in [4.69, 9.17) is 10.00 Å². The summed E-state index contributed by atoms with van der Waals surface area (Å²) in [5.74, 6) is -1.15. The maximum Gasteiger partial charge on any atom is 0.339 e. The first kappa shape index (κ1) is 22.5. The van der Waals surface area contributed by atoms with Gasteiger partial charge in [0.1, 0.15) is 22.3 Å². The molecule has 2 heterocycles. The van der Waals surface area contributed by atoms with Gasteiger partial charge in [-0.25, -0.2) is 14.8 Å². The summed E-state index contributed by atoms with van der Waals surface area (Å²) in [5, 5.41) is 13.5. The molecule has 2 aromatic heterocycles. The third-order valence-corrected chi connectivity index (χ3v) is 7.09. The zero-order valence-electron chi connectivity index (χ0n) is 17.8. The average Bonchev–Trinajstić information content (AvgIpc) is 3.12. The quantitative estimate of drug-likeness (QED) is 0.305. The van der Waals surface area contributed by atoms with Crippen molar-refractivity contribution in [3.63, 3.8) is 0 Å². The Balaban J connectivity index is 1.49. The van der Waals surface area contributed by atoms with Crippen molar-refractivity contribution in [2.75, 3.05) is 11.9 Å². The summed E-state index contributed by atoms with van der Waals surface area (Å²) in [5.41, 5.74) is 2.15. The van der Waals surface area contributed by atoms with Crippen molar-refractivity contribution in [3.05, 3.63) is 76.4 Å². The number of nitrogens with one attached hydrogen (secondary N) is 1. The molecular weight excluding hydrogens is 456 g/mol. The molecule has 0 aliphatic heterocycles. The van der Waals surface area contributed by atoms with Gasteiger partial charge in [-0.05, 0) is 43.7 Å². The molecule has 0 atom stereocenters. The number of hydrogen-bond donors (Lipinski definition) is 1. The number of anilines is 1. The predicted molar refractivity (Wildman–Crippen MR) is 128 cm³/mol. The van der Waals surface area contributed by atoms with Gasteiger partial charge < -0.3 is 10.1 Å². The molecule has 0 spiro atoms. The largest absolute Gasteiger partial charge is 0.452 e. The zero-order valence-corrected chi connectivity index (χ0v) is 19.4. The smallest absolute Gasteiger partial charge is 0.339 e. The van der Waals surface area contributed by atoms with E-state index in [1.165, 1.54) is 23.0 Å². The fraction of sp³-hybridized carbons (Fsp3) is 0.125. The van der Waals surface area contributed by atoms with E-state index in [-0.39, 0.29) is 0 Å². The van der Waals surface area contributed by atoms with E-state index in [1.54, 1.807) is 47.7 Å². The van der Waals surface area contributed by atoms with Gasteiger partial charge in [-0.3, -0.25) is 4.79 Å². The molecule has 0 unspecified atom stereocenters. The van der Waals surface area contributed by atoms with Crippen LogP contribution in [0.2, 0.25) is 0 Å². The second-order valence-electron chi connectivity index (χ2n) is 7.02. The van der Waals surface area contributed by atoms with Crippen LogP contribution in [0.15, 0.2) is 64.8 Å². The fourth-order valence-electron chi connectivity index (χ4n) is 3.14. The molecule has 1 amide bonds. The van der Waals surface area contributed by atoms with Crippen LogP contribution in [-0.4, -0.2) is 28.5 Å². The molecule has 4 rings (SSSR count). The number of nitrogens with zero attached hydrogens (tertiary/aromatic N) is 3. The van der Waals surface area contributed by atoms with Crippen LogP contribution in [-0.2, 0) is 9.53 Å². The fourth-order valence-corrected chi connectivity index (χ4v) is 5.27. The number of aryl methyl sites for hydroxylation is 2. The van der Waals surface area contributed by atoms with Gasteiger partial charge >= 0.3 is 5.97 Å². The minimum absolute atomic E-state index is 0.328. The van der Waals surface area contributed by atoms with Crippen LogP contribution in [0, 0.1) is 25.2 Å². The molecule has 4 aromatic rings. The van der Waals surface area contributed by atoms with Crippen LogP contribution >= 0.6 is 23.1 Å². The predicted octanol–water partition coefficient (Wildman–Crippen LogP) is 5.13. The van der Waals surface area contributed by atoms with Crippen LogP contribution in [0.3, 0.4) is 0 Å². The van der Waals surface area contributed by atoms with Crippen LogP contribution < -0.4 is 5.32 Å². The highest BCUT2D eigenvalue weighted by Crippen LogP contribution is 2.38. The summed E-state index contributed by atoms with van der Waals surface area (Å²) < 4.78 is 5.25. The number of rotatable bonds is 6. The Morgan fingerprint density at radius 1 is 1.12 bits per heavy atom. The molecular formula is C24H18N4O3S2. The standard InChI is InChI=1S/C24H18N4O3S2/c1-14-15(2)32-22-21(14)23(27-13-26-22)33-19-10-6-4-8-17(19)24(30)31-12-20(29)28-18-9-5-3-7-16(18)11-25/h3-10,13H,12H2,1-2H3,(H,28,29). The number of esters is 1.